The molecule has 1 aliphatic rings. The van der Waals surface area contributed by atoms with Crippen LogP contribution in [-0.2, 0) is 0 Å². The Kier molecular flexibility index (Phi) is 5.87. The summed E-state index contributed by atoms with van der Waals surface area (Å²) in [4.78, 5) is 0. The Hall–Kier alpha value is -0.520. The van der Waals surface area contributed by atoms with E-state index in [1.54, 1.807) is 11.1 Å². The van der Waals surface area contributed by atoms with Crippen LogP contribution in [0, 0.1) is 5.92 Å². The van der Waals surface area contributed by atoms with Crippen LogP contribution in [0.2, 0.25) is 0 Å². The van der Waals surface area contributed by atoms with Gasteiger partial charge in [-0.25, -0.2) is 0 Å². The van der Waals surface area contributed by atoms with Crippen LogP contribution in [0.4, 0.5) is 0 Å². The molecule has 0 heteroatoms. The van der Waals surface area contributed by atoms with E-state index in [-0.39, 0.29) is 0 Å². The second-order valence-corrected chi connectivity index (χ2v) is 5.24. The zero-order valence-electron chi connectivity index (χ0n) is 11.4. The lowest BCUT2D eigenvalue weighted by molar-refractivity contribution is 0.509. The molecule has 92 valence electrons. The Morgan fingerprint density at radius 2 is 1.88 bits per heavy atom. The number of hydrogen-bond acceptors (Lipinski definition) is 0. The minimum absolute atomic E-state index is 0.829. The van der Waals surface area contributed by atoms with Gasteiger partial charge in [-0.05, 0) is 56.9 Å². The van der Waals surface area contributed by atoms with Crippen molar-refractivity contribution in [2.45, 2.75) is 72.1 Å². The van der Waals surface area contributed by atoms with E-state index < -0.39 is 0 Å². The summed E-state index contributed by atoms with van der Waals surface area (Å²) in [6.07, 6.45) is 10.8. The first-order valence-electron chi connectivity index (χ1n) is 7.08. The van der Waals surface area contributed by atoms with Crippen LogP contribution in [-0.4, -0.2) is 0 Å². The topological polar surface area (TPSA) is 0 Å². The van der Waals surface area contributed by atoms with Gasteiger partial charge >= 0.3 is 0 Å². The molecule has 0 aromatic carbocycles. The predicted molar refractivity (Wildman–Crippen MR) is 73.6 cm³/mol. The molecule has 1 rings (SSSR count). The maximum absolute atomic E-state index is 4.19. The normalized spacial score (nSPS) is 19.4. The average Bonchev–Trinajstić information content (AvgIpc) is 2.51. The monoisotopic (exact) mass is 220 g/mol. The van der Waals surface area contributed by atoms with E-state index in [4.69, 9.17) is 0 Å². The summed E-state index contributed by atoms with van der Waals surface area (Å²) < 4.78 is 0. The van der Waals surface area contributed by atoms with E-state index in [1.807, 2.05) is 0 Å². The van der Waals surface area contributed by atoms with Gasteiger partial charge in [0.15, 0.2) is 0 Å². The van der Waals surface area contributed by atoms with Gasteiger partial charge in [0.1, 0.15) is 0 Å². The van der Waals surface area contributed by atoms with E-state index in [2.05, 4.69) is 27.4 Å². The molecule has 0 heterocycles. The quantitative estimate of drug-likeness (QED) is 0.561. The molecule has 16 heavy (non-hydrogen) atoms. The van der Waals surface area contributed by atoms with Gasteiger partial charge in [0.2, 0.25) is 0 Å². The van der Waals surface area contributed by atoms with Gasteiger partial charge in [0.25, 0.3) is 0 Å². The summed E-state index contributed by atoms with van der Waals surface area (Å²) in [5, 5.41) is 0. The fraction of sp³-hybridized carbons (Fsp3) is 0.750. The molecule has 0 aliphatic heterocycles. The second kappa shape index (κ2) is 6.93. The van der Waals surface area contributed by atoms with Gasteiger partial charge in [0.05, 0.1) is 0 Å². The van der Waals surface area contributed by atoms with Crippen LogP contribution in [0.5, 0.6) is 0 Å². The van der Waals surface area contributed by atoms with Crippen LogP contribution in [0.25, 0.3) is 0 Å². The lowest BCUT2D eigenvalue weighted by atomic mass is 9.84. The summed E-state index contributed by atoms with van der Waals surface area (Å²) in [5.74, 6) is 0.829. The van der Waals surface area contributed by atoms with Crippen LogP contribution in [0.15, 0.2) is 23.3 Å². The molecule has 0 aromatic rings. The third-order valence-corrected chi connectivity index (χ3v) is 3.90. The van der Waals surface area contributed by atoms with Crippen LogP contribution in [0.3, 0.4) is 0 Å². The second-order valence-electron chi connectivity index (χ2n) is 5.24. The highest BCUT2D eigenvalue weighted by Gasteiger charge is 2.18. The van der Waals surface area contributed by atoms with Crippen molar-refractivity contribution in [3.8, 4) is 0 Å². The molecule has 1 unspecified atom stereocenters. The molecule has 1 atom stereocenters. The predicted octanol–water partition coefficient (Wildman–Crippen LogP) is 5.65. The van der Waals surface area contributed by atoms with Crippen molar-refractivity contribution in [1.82, 2.24) is 0 Å². The molecule has 0 aromatic heterocycles. The Labute approximate surface area is 102 Å². The van der Waals surface area contributed by atoms with Gasteiger partial charge < -0.3 is 0 Å². The van der Waals surface area contributed by atoms with Crippen LogP contribution >= 0.6 is 0 Å². The lowest BCUT2D eigenvalue weighted by Crippen LogP contribution is -2.06. The first kappa shape index (κ1) is 13.5. The van der Waals surface area contributed by atoms with Crippen molar-refractivity contribution in [1.29, 1.82) is 0 Å². The summed E-state index contributed by atoms with van der Waals surface area (Å²) in [6.45, 7) is 11.0. The van der Waals surface area contributed by atoms with E-state index in [9.17, 15) is 0 Å². The van der Waals surface area contributed by atoms with Gasteiger partial charge in [-0.2, -0.15) is 0 Å². The fourth-order valence-corrected chi connectivity index (χ4v) is 3.02. The highest BCUT2D eigenvalue weighted by atomic mass is 14.2. The van der Waals surface area contributed by atoms with Gasteiger partial charge in [0, 0.05) is 0 Å². The summed E-state index contributed by atoms with van der Waals surface area (Å²) in [6, 6.07) is 0. The Balaban J connectivity index is 2.93. The standard InChI is InChI=1S/C16H28/c1-5-10-14(6-2)16-12-9-7-8-11-15(16)13(3)4/h14H,3,5-12H2,1-2,4H3. The highest BCUT2D eigenvalue weighted by molar-refractivity contribution is 5.34. The Bertz CT molecular complexity index is 257. The van der Waals surface area contributed by atoms with Crippen LogP contribution < -0.4 is 0 Å². The van der Waals surface area contributed by atoms with E-state index >= 15 is 0 Å². The van der Waals surface area contributed by atoms with Crippen molar-refractivity contribution in [3.05, 3.63) is 23.3 Å². The molecular formula is C16H28. The maximum Gasteiger partial charge on any atom is -0.0200 e. The zero-order valence-corrected chi connectivity index (χ0v) is 11.4. The summed E-state index contributed by atoms with van der Waals surface area (Å²) >= 11 is 0. The highest BCUT2D eigenvalue weighted by Crippen LogP contribution is 2.35. The lowest BCUT2D eigenvalue weighted by Gasteiger charge is -2.22. The minimum atomic E-state index is 0.829. The average molecular weight is 220 g/mol. The molecule has 0 fully saturated rings. The maximum atomic E-state index is 4.19. The third-order valence-electron chi connectivity index (χ3n) is 3.90. The zero-order chi connectivity index (χ0) is 12.0. The van der Waals surface area contributed by atoms with E-state index in [1.165, 1.54) is 56.9 Å². The largest absolute Gasteiger partial charge is 0.0958 e. The molecule has 0 nitrogen and oxygen atoms in total. The fourth-order valence-electron chi connectivity index (χ4n) is 3.02. The summed E-state index contributed by atoms with van der Waals surface area (Å²) in [5.41, 5.74) is 4.71. The van der Waals surface area contributed by atoms with Crippen molar-refractivity contribution in [3.63, 3.8) is 0 Å². The Morgan fingerprint density at radius 3 is 2.44 bits per heavy atom. The molecule has 0 amide bonds. The minimum Gasteiger partial charge on any atom is -0.0958 e. The number of rotatable bonds is 5. The molecule has 0 spiro atoms. The first-order valence-corrected chi connectivity index (χ1v) is 7.08. The van der Waals surface area contributed by atoms with Crippen molar-refractivity contribution >= 4 is 0 Å². The van der Waals surface area contributed by atoms with Crippen molar-refractivity contribution < 1.29 is 0 Å². The molecule has 0 N–H and O–H groups in total. The Morgan fingerprint density at radius 1 is 1.19 bits per heavy atom. The third kappa shape index (κ3) is 3.50. The van der Waals surface area contributed by atoms with Gasteiger partial charge in [-0.1, -0.05) is 44.4 Å². The van der Waals surface area contributed by atoms with E-state index in [0.717, 1.165) is 5.92 Å². The van der Waals surface area contributed by atoms with Crippen molar-refractivity contribution in [2.75, 3.05) is 0 Å². The van der Waals surface area contributed by atoms with Gasteiger partial charge in [-0.15, -0.1) is 0 Å². The summed E-state index contributed by atoms with van der Waals surface area (Å²) in [7, 11) is 0. The van der Waals surface area contributed by atoms with Crippen molar-refractivity contribution in [2.24, 2.45) is 5.92 Å². The molecular weight excluding hydrogens is 192 g/mol. The molecule has 0 bridgehead atoms. The van der Waals surface area contributed by atoms with Crippen LogP contribution in [0.1, 0.15) is 72.1 Å². The SMILES string of the molecule is C=C(C)C1=C(C(CC)CCC)CCCCC1. The number of allylic oxidation sites excluding steroid dienone is 3. The molecule has 0 radical (unpaired) electrons. The van der Waals surface area contributed by atoms with Gasteiger partial charge in [-0.3, -0.25) is 0 Å². The number of hydrogen-bond donors (Lipinski definition) is 0. The first-order chi connectivity index (χ1) is 7.70. The van der Waals surface area contributed by atoms with E-state index in [0.29, 0.717) is 0 Å². The smallest absolute Gasteiger partial charge is 0.0200 e. The molecule has 0 saturated heterocycles. The molecule has 0 saturated carbocycles. The molecule has 1 aliphatic carbocycles.